The van der Waals surface area contributed by atoms with Crippen molar-refractivity contribution in [1.82, 2.24) is 5.32 Å². The first-order valence-corrected chi connectivity index (χ1v) is 4.88. The molecule has 0 saturated carbocycles. The second-order valence-corrected chi connectivity index (χ2v) is 3.01. The molecule has 0 radical (unpaired) electrons. The van der Waals surface area contributed by atoms with Gasteiger partial charge < -0.3 is 10.1 Å². The molecule has 0 spiro atoms. The fourth-order valence-electron chi connectivity index (χ4n) is 1.03. The summed E-state index contributed by atoms with van der Waals surface area (Å²) in [6.07, 6.45) is 3.33. The lowest BCUT2D eigenvalue weighted by Crippen LogP contribution is -2.24. The normalized spacial score (nSPS) is 10.2. The van der Waals surface area contributed by atoms with Crippen LogP contribution >= 0.6 is 0 Å². The second-order valence-electron chi connectivity index (χ2n) is 3.01. The molecule has 15 heavy (non-hydrogen) atoms. The molecule has 0 aliphatic carbocycles. The molecular formula is C12H15NO2. The van der Waals surface area contributed by atoms with Crippen LogP contribution in [-0.2, 0) is 11.3 Å². The van der Waals surface area contributed by atoms with Crippen molar-refractivity contribution in [3.05, 3.63) is 48.0 Å². The molecule has 0 heterocycles. The summed E-state index contributed by atoms with van der Waals surface area (Å²) in [5.74, 6) is 0. The molecule has 0 aromatic heterocycles. The first-order chi connectivity index (χ1) is 7.33. The van der Waals surface area contributed by atoms with Crippen LogP contribution in [0.4, 0.5) is 4.79 Å². The summed E-state index contributed by atoms with van der Waals surface area (Å²) in [6, 6.07) is 9.58. The standard InChI is InChI=1S/C12H15NO2/c1-2-3-9-13-12(14)15-10-11-7-5-4-6-8-11/h2-8H,9-10H2,1H3,(H,13,14). The third-order valence-electron chi connectivity index (χ3n) is 1.81. The van der Waals surface area contributed by atoms with Crippen LogP contribution < -0.4 is 5.32 Å². The number of allylic oxidation sites excluding steroid dienone is 1. The van der Waals surface area contributed by atoms with E-state index < -0.39 is 6.09 Å². The number of hydrogen-bond acceptors (Lipinski definition) is 2. The van der Waals surface area contributed by atoms with Crippen molar-refractivity contribution in [1.29, 1.82) is 0 Å². The number of ether oxygens (including phenoxy) is 1. The van der Waals surface area contributed by atoms with Crippen LogP contribution in [0.3, 0.4) is 0 Å². The van der Waals surface area contributed by atoms with Crippen molar-refractivity contribution >= 4 is 6.09 Å². The molecule has 1 aromatic carbocycles. The Balaban J connectivity index is 2.23. The zero-order chi connectivity index (χ0) is 10.9. The Labute approximate surface area is 89.8 Å². The number of carbonyl (C=O) groups excluding carboxylic acids is 1. The minimum Gasteiger partial charge on any atom is -0.445 e. The average molecular weight is 205 g/mol. The number of carbonyl (C=O) groups is 1. The van der Waals surface area contributed by atoms with Gasteiger partial charge in [-0.1, -0.05) is 42.5 Å². The Hall–Kier alpha value is -1.77. The third-order valence-corrected chi connectivity index (χ3v) is 1.81. The predicted molar refractivity (Wildman–Crippen MR) is 59.4 cm³/mol. The van der Waals surface area contributed by atoms with Crippen LogP contribution in [0.1, 0.15) is 12.5 Å². The van der Waals surface area contributed by atoms with E-state index in [2.05, 4.69) is 5.32 Å². The Morgan fingerprint density at radius 3 is 2.80 bits per heavy atom. The highest BCUT2D eigenvalue weighted by molar-refractivity contribution is 5.67. The highest BCUT2D eigenvalue weighted by Crippen LogP contribution is 2.00. The van der Waals surface area contributed by atoms with Gasteiger partial charge in [-0.3, -0.25) is 0 Å². The van der Waals surface area contributed by atoms with Gasteiger partial charge in [-0.2, -0.15) is 0 Å². The third kappa shape index (κ3) is 4.86. The summed E-state index contributed by atoms with van der Waals surface area (Å²) >= 11 is 0. The van der Waals surface area contributed by atoms with Crippen molar-refractivity contribution in [2.75, 3.05) is 6.54 Å². The van der Waals surface area contributed by atoms with Crippen molar-refractivity contribution < 1.29 is 9.53 Å². The van der Waals surface area contributed by atoms with Crippen LogP contribution in [-0.4, -0.2) is 12.6 Å². The number of benzene rings is 1. The largest absolute Gasteiger partial charge is 0.445 e. The van der Waals surface area contributed by atoms with E-state index in [1.165, 1.54) is 0 Å². The number of rotatable bonds is 4. The monoisotopic (exact) mass is 205 g/mol. The number of nitrogens with one attached hydrogen (secondary N) is 1. The first kappa shape index (κ1) is 11.3. The van der Waals surface area contributed by atoms with Gasteiger partial charge in [0, 0.05) is 6.54 Å². The summed E-state index contributed by atoms with van der Waals surface area (Å²) in [5.41, 5.74) is 0.985. The average Bonchev–Trinajstić information content (AvgIpc) is 2.28. The lowest BCUT2D eigenvalue weighted by Gasteiger charge is -2.04. The fraction of sp³-hybridized carbons (Fsp3) is 0.250. The van der Waals surface area contributed by atoms with E-state index in [0.717, 1.165) is 5.56 Å². The maximum absolute atomic E-state index is 11.1. The molecule has 0 aliphatic heterocycles. The smallest absolute Gasteiger partial charge is 0.407 e. The molecule has 0 fully saturated rings. The molecule has 3 nitrogen and oxygen atoms in total. The van der Waals surface area contributed by atoms with Gasteiger partial charge in [0.25, 0.3) is 0 Å². The summed E-state index contributed by atoms with van der Waals surface area (Å²) in [5, 5.41) is 2.61. The van der Waals surface area contributed by atoms with E-state index in [-0.39, 0.29) is 0 Å². The SMILES string of the molecule is CC=CCNC(=O)OCc1ccccc1. The van der Waals surface area contributed by atoms with Crippen molar-refractivity contribution in [3.8, 4) is 0 Å². The van der Waals surface area contributed by atoms with Gasteiger partial charge in [0.05, 0.1) is 0 Å². The summed E-state index contributed by atoms with van der Waals surface area (Å²) < 4.78 is 4.99. The summed E-state index contributed by atoms with van der Waals surface area (Å²) in [7, 11) is 0. The molecule has 0 saturated heterocycles. The van der Waals surface area contributed by atoms with Crippen molar-refractivity contribution in [3.63, 3.8) is 0 Å². The minimum atomic E-state index is -0.392. The van der Waals surface area contributed by atoms with Gasteiger partial charge in [0.1, 0.15) is 6.61 Å². The Morgan fingerprint density at radius 2 is 2.13 bits per heavy atom. The van der Waals surface area contributed by atoms with E-state index in [0.29, 0.717) is 13.2 Å². The summed E-state index contributed by atoms with van der Waals surface area (Å²) in [4.78, 5) is 11.1. The van der Waals surface area contributed by atoms with Gasteiger partial charge in [-0.05, 0) is 12.5 Å². The van der Waals surface area contributed by atoms with Crippen LogP contribution in [0.5, 0.6) is 0 Å². The number of alkyl carbamates (subject to hydrolysis) is 1. The van der Waals surface area contributed by atoms with Gasteiger partial charge in [-0.15, -0.1) is 0 Å². The first-order valence-electron chi connectivity index (χ1n) is 4.88. The highest BCUT2D eigenvalue weighted by atomic mass is 16.5. The maximum atomic E-state index is 11.1. The minimum absolute atomic E-state index is 0.308. The highest BCUT2D eigenvalue weighted by Gasteiger charge is 1.99. The molecule has 0 unspecified atom stereocenters. The Bertz CT molecular complexity index is 320. The van der Waals surface area contributed by atoms with E-state index in [1.54, 1.807) is 0 Å². The molecule has 0 atom stereocenters. The van der Waals surface area contributed by atoms with Crippen molar-refractivity contribution in [2.45, 2.75) is 13.5 Å². The van der Waals surface area contributed by atoms with Gasteiger partial charge in [-0.25, -0.2) is 4.79 Å². The van der Waals surface area contributed by atoms with Gasteiger partial charge in [0.15, 0.2) is 0 Å². The molecule has 80 valence electrons. The second kappa shape index (κ2) is 6.65. The molecular weight excluding hydrogens is 190 g/mol. The summed E-state index contributed by atoms with van der Waals surface area (Å²) in [6.45, 7) is 2.71. The lowest BCUT2D eigenvalue weighted by molar-refractivity contribution is 0.140. The quantitative estimate of drug-likeness (QED) is 0.767. The van der Waals surface area contributed by atoms with Crippen LogP contribution in [0.15, 0.2) is 42.5 Å². The Morgan fingerprint density at radius 1 is 1.40 bits per heavy atom. The van der Waals surface area contributed by atoms with E-state index in [1.807, 2.05) is 49.4 Å². The fourth-order valence-corrected chi connectivity index (χ4v) is 1.03. The van der Waals surface area contributed by atoms with Crippen LogP contribution in [0, 0.1) is 0 Å². The zero-order valence-electron chi connectivity index (χ0n) is 8.77. The van der Waals surface area contributed by atoms with E-state index >= 15 is 0 Å². The molecule has 1 rings (SSSR count). The molecule has 1 N–H and O–H groups in total. The number of hydrogen-bond donors (Lipinski definition) is 1. The van der Waals surface area contributed by atoms with Gasteiger partial charge >= 0.3 is 6.09 Å². The molecule has 1 amide bonds. The zero-order valence-corrected chi connectivity index (χ0v) is 8.77. The molecule has 3 heteroatoms. The van der Waals surface area contributed by atoms with Crippen LogP contribution in [0.2, 0.25) is 0 Å². The molecule has 0 bridgehead atoms. The van der Waals surface area contributed by atoms with E-state index in [9.17, 15) is 4.79 Å². The maximum Gasteiger partial charge on any atom is 0.407 e. The van der Waals surface area contributed by atoms with E-state index in [4.69, 9.17) is 4.74 Å². The Kier molecular flexibility index (Phi) is 5.01. The number of amides is 1. The van der Waals surface area contributed by atoms with Gasteiger partial charge in [0.2, 0.25) is 0 Å². The topological polar surface area (TPSA) is 38.3 Å². The predicted octanol–water partition coefficient (Wildman–Crippen LogP) is 2.49. The van der Waals surface area contributed by atoms with Crippen LogP contribution in [0.25, 0.3) is 0 Å². The molecule has 0 aliphatic rings. The lowest BCUT2D eigenvalue weighted by atomic mass is 10.2. The van der Waals surface area contributed by atoms with Crippen molar-refractivity contribution in [2.24, 2.45) is 0 Å². The molecule has 1 aromatic rings.